The number of piperidine rings is 1. The van der Waals surface area contributed by atoms with Crippen LogP contribution >= 0.6 is 11.8 Å². The smallest absolute Gasteiger partial charge is 0.255 e. The van der Waals surface area contributed by atoms with Crippen LogP contribution in [0.3, 0.4) is 0 Å². The molecule has 29 heavy (non-hydrogen) atoms. The van der Waals surface area contributed by atoms with Gasteiger partial charge in [-0.05, 0) is 56.8 Å². The van der Waals surface area contributed by atoms with E-state index in [0.29, 0.717) is 23.8 Å². The van der Waals surface area contributed by atoms with Gasteiger partial charge in [0.1, 0.15) is 6.04 Å². The Morgan fingerprint density at radius 2 is 1.90 bits per heavy atom. The summed E-state index contributed by atoms with van der Waals surface area (Å²) in [7, 11) is 0. The van der Waals surface area contributed by atoms with Crippen LogP contribution in [-0.4, -0.2) is 65.0 Å². The van der Waals surface area contributed by atoms with Gasteiger partial charge in [-0.25, -0.2) is 0 Å². The number of amides is 2. The molecule has 0 saturated carbocycles. The molecule has 2 aliphatic heterocycles. The van der Waals surface area contributed by atoms with Gasteiger partial charge in [0.05, 0.1) is 5.37 Å². The zero-order valence-electron chi connectivity index (χ0n) is 18.0. The van der Waals surface area contributed by atoms with E-state index in [-0.39, 0.29) is 17.2 Å². The van der Waals surface area contributed by atoms with E-state index in [1.807, 2.05) is 36.1 Å². The lowest BCUT2D eigenvalue weighted by molar-refractivity contribution is -0.124. The highest BCUT2D eigenvalue weighted by molar-refractivity contribution is 8.00. The highest BCUT2D eigenvalue weighted by Crippen LogP contribution is 2.35. The van der Waals surface area contributed by atoms with E-state index in [0.717, 1.165) is 31.6 Å². The molecule has 2 saturated heterocycles. The summed E-state index contributed by atoms with van der Waals surface area (Å²) in [6.45, 7) is 10.1. The average Bonchev–Trinajstić information content (AvgIpc) is 3.11. The van der Waals surface area contributed by atoms with Crippen molar-refractivity contribution < 1.29 is 9.59 Å². The zero-order valence-corrected chi connectivity index (χ0v) is 18.8. The van der Waals surface area contributed by atoms with Gasteiger partial charge < -0.3 is 15.1 Å². The number of nitrogens with one attached hydrogen (secondary N) is 1. The minimum Gasteiger partial charge on any atom is -0.353 e. The van der Waals surface area contributed by atoms with Crippen LogP contribution in [0.25, 0.3) is 0 Å². The lowest BCUT2D eigenvalue weighted by Gasteiger charge is -2.31. The molecule has 5 nitrogen and oxygen atoms in total. The predicted molar refractivity (Wildman–Crippen MR) is 120 cm³/mol. The van der Waals surface area contributed by atoms with Gasteiger partial charge in [0.15, 0.2) is 0 Å². The summed E-state index contributed by atoms with van der Waals surface area (Å²) >= 11 is 1.74. The molecule has 0 bridgehead atoms. The molecule has 2 atom stereocenters. The van der Waals surface area contributed by atoms with Crippen LogP contribution < -0.4 is 5.32 Å². The minimum absolute atomic E-state index is 0.0114. The predicted octanol–water partition coefficient (Wildman–Crippen LogP) is 3.53. The number of hydrogen-bond acceptors (Lipinski definition) is 4. The van der Waals surface area contributed by atoms with Crippen molar-refractivity contribution in [3.63, 3.8) is 0 Å². The summed E-state index contributed by atoms with van der Waals surface area (Å²) < 4.78 is 0. The molecule has 2 amide bonds. The van der Waals surface area contributed by atoms with Crippen LogP contribution in [0.2, 0.25) is 0 Å². The number of aryl methyl sites for hydroxylation is 1. The second-order valence-electron chi connectivity index (χ2n) is 8.65. The number of carbonyl (C=O) groups is 2. The van der Waals surface area contributed by atoms with E-state index in [2.05, 4.69) is 24.1 Å². The Kier molecular flexibility index (Phi) is 8.01. The van der Waals surface area contributed by atoms with E-state index in [1.54, 1.807) is 11.8 Å². The molecule has 2 aliphatic rings. The fraction of sp³-hybridized carbons (Fsp3) is 0.652. The van der Waals surface area contributed by atoms with E-state index < -0.39 is 6.04 Å². The maximum atomic E-state index is 13.4. The third-order valence-electron chi connectivity index (χ3n) is 5.85. The van der Waals surface area contributed by atoms with Crippen LogP contribution in [0.4, 0.5) is 0 Å². The van der Waals surface area contributed by atoms with Gasteiger partial charge in [0, 0.05) is 24.4 Å². The van der Waals surface area contributed by atoms with Crippen molar-refractivity contribution in [3.8, 4) is 0 Å². The Morgan fingerprint density at radius 3 is 2.59 bits per heavy atom. The summed E-state index contributed by atoms with van der Waals surface area (Å²) in [5, 5.41) is 3.16. The first-order chi connectivity index (χ1) is 14.0. The van der Waals surface area contributed by atoms with Crippen LogP contribution in [0.15, 0.2) is 24.3 Å². The number of likely N-dealkylation sites (tertiary alicyclic amines) is 1. The number of rotatable bonds is 7. The molecule has 1 aromatic rings. The number of nitrogens with zero attached hydrogens (tertiary/aromatic N) is 2. The van der Waals surface area contributed by atoms with Crippen molar-refractivity contribution >= 4 is 23.6 Å². The van der Waals surface area contributed by atoms with Crippen LogP contribution in [0.5, 0.6) is 0 Å². The Balaban J connectivity index is 1.67. The standard InChI is InChI=1S/C23H35N3O2S/c1-17(2)15-21-26(23(28)19-10-6-5-9-18(19)3)20(16-29-21)22(27)24-11-14-25-12-7-4-8-13-25/h5-6,9-10,17,20-21H,4,7-8,11-16H2,1-3H3,(H,24,27). The quantitative estimate of drug-likeness (QED) is 0.737. The molecule has 0 spiro atoms. The topological polar surface area (TPSA) is 52.7 Å². The van der Waals surface area contributed by atoms with E-state index in [4.69, 9.17) is 0 Å². The molecule has 0 radical (unpaired) electrons. The van der Waals surface area contributed by atoms with Gasteiger partial charge in [-0.1, -0.05) is 38.5 Å². The van der Waals surface area contributed by atoms with E-state index >= 15 is 0 Å². The molecule has 1 N–H and O–H groups in total. The van der Waals surface area contributed by atoms with Crippen molar-refractivity contribution in [2.24, 2.45) is 5.92 Å². The van der Waals surface area contributed by atoms with E-state index in [1.165, 1.54) is 19.3 Å². The fourth-order valence-electron chi connectivity index (χ4n) is 4.21. The molecule has 2 heterocycles. The van der Waals surface area contributed by atoms with E-state index in [9.17, 15) is 9.59 Å². The summed E-state index contributed by atoms with van der Waals surface area (Å²) in [5.74, 6) is 1.11. The Bertz CT molecular complexity index is 703. The molecule has 1 aromatic carbocycles. The molecule has 0 aromatic heterocycles. The highest BCUT2D eigenvalue weighted by atomic mass is 32.2. The Hall–Kier alpha value is -1.53. The fourth-order valence-corrected chi connectivity index (χ4v) is 5.85. The molecular weight excluding hydrogens is 382 g/mol. The molecule has 0 aliphatic carbocycles. The van der Waals surface area contributed by atoms with Gasteiger partial charge in [-0.3, -0.25) is 9.59 Å². The molecule has 2 unspecified atom stereocenters. The molecule has 3 rings (SSSR count). The zero-order chi connectivity index (χ0) is 20.8. The average molecular weight is 418 g/mol. The first kappa shape index (κ1) is 22.2. The molecule has 6 heteroatoms. The summed E-state index contributed by atoms with van der Waals surface area (Å²) in [4.78, 5) is 30.7. The van der Waals surface area contributed by atoms with Crippen LogP contribution in [-0.2, 0) is 4.79 Å². The number of thioether (sulfide) groups is 1. The molecular formula is C23H35N3O2S. The normalized spacial score (nSPS) is 22.8. The summed E-state index contributed by atoms with van der Waals surface area (Å²) in [6.07, 6.45) is 4.72. The molecule has 160 valence electrons. The second kappa shape index (κ2) is 10.5. The summed E-state index contributed by atoms with van der Waals surface area (Å²) in [6, 6.07) is 7.28. The number of hydrogen-bond donors (Lipinski definition) is 1. The largest absolute Gasteiger partial charge is 0.353 e. The number of carbonyl (C=O) groups excluding carboxylic acids is 2. The third kappa shape index (κ3) is 5.76. The first-order valence-corrected chi connectivity index (χ1v) is 12.0. The maximum Gasteiger partial charge on any atom is 0.255 e. The lowest BCUT2D eigenvalue weighted by atomic mass is 10.0. The lowest BCUT2D eigenvalue weighted by Crippen LogP contribution is -2.51. The van der Waals surface area contributed by atoms with Crippen molar-refractivity contribution in [2.45, 2.75) is 57.9 Å². The molecule has 2 fully saturated rings. The van der Waals surface area contributed by atoms with Gasteiger partial charge >= 0.3 is 0 Å². The monoisotopic (exact) mass is 417 g/mol. The Labute approximate surface area is 179 Å². The second-order valence-corrected chi connectivity index (χ2v) is 9.86. The van der Waals surface area contributed by atoms with Gasteiger partial charge in [-0.2, -0.15) is 0 Å². The van der Waals surface area contributed by atoms with Crippen LogP contribution in [0.1, 0.15) is 55.5 Å². The van der Waals surface area contributed by atoms with Crippen molar-refractivity contribution in [1.82, 2.24) is 15.1 Å². The van der Waals surface area contributed by atoms with Gasteiger partial charge in [-0.15, -0.1) is 11.8 Å². The van der Waals surface area contributed by atoms with Crippen molar-refractivity contribution in [3.05, 3.63) is 35.4 Å². The van der Waals surface area contributed by atoms with Gasteiger partial charge in [0.2, 0.25) is 5.91 Å². The third-order valence-corrected chi connectivity index (χ3v) is 7.17. The van der Waals surface area contributed by atoms with Gasteiger partial charge in [0.25, 0.3) is 5.91 Å². The number of benzene rings is 1. The van der Waals surface area contributed by atoms with Crippen molar-refractivity contribution in [2.75, 3.05) is 31.9 Å². The van der Waals surface area contributed by atoms with Crippen molar-refractivity contribution in [1.29, 1.82) is 0 Å². The summed E-state index contributed by atoms with van der Waals surface area (Å²) in [5.41, 5.74) is 1.66. The Morgan fingerprint density at radius 1 is 1.17 bits per heavy atom. The minimum atomic E-state index is -0.391. The SMILES string of the molecule is Cc1ccccc1C(=O)N1C(CC(C)C)SCC1C(=O)NCCN1CCCCC1. The van der Waals surface area contributed by atoms with Crippen LogP contribution in [0, 0.1) is 12.8 Å². The maximum absolute atomic E-state index is 13.4. The first-order valence-electron chi connectivity index (χ1n) is 11.0. The highest BCUT2D eigenvalue weighted by Gasteiger charge is 2.42.